The largest absolute Gasteiger partial charge is 0.465 e. The van der Waals surface area contributed by atoms with E-state index in [1.54, 1.807) is 20.8 Å². The minimum Gasteiger partial charge on any atom is -0.465 e. The molecule has 0 bridgehead atoms. The van der Waals surface area contributed by atoms with Crippen molar-refractivity contribution in [3.05, 3.63) is 0 Å². The molecule has 0 saturated heterocycles. The number of carbonyl (C=O) groups is 1. The van der Waals surface area contributed by atoms with Gasteiger partial charge < -0.3 is 13.8 Å². The van der Waals surface area contributed by atoms with Gasteiger partial charge in [-0.2, -0.15) is 0 Å². The predicted octanol–water partition coefficient (Wildman–Crippen LogP) is 2.21. The molecule has 0 radical (unpaired) electrons. The third kappa shape index (κ3) is 4.91. The summed E-state index contributed by atoms with van der Waals surface area (Å²) in [6.07, 6.45) is 5.13. The first kappa shape index (κ1) is 16.2. The van der Waals surface area contributed by atoms with Gasteiger partial charge in [0.05, 0.1) is 19.8 Å². The zero-order chi connectivity index (χ0) is 13.3. The maximum atomic E-state index is 12.4. The van der Waals surface area contributed by atoms with E-state index in [0.29, 0.717) is 0 Å². The first-order valence-corrected chi connectivity index (χ1v) is 7.15. The second-order valence-electron chi connectivity index (χ2n) is 3.05. The molecule has 0 rings (SSSR count). The van der Waals surface area contributed by atoms with Crippen LogP contribution in [0.15, 0.2) is 0 Å². The van der Waals surface area contributed by atoms with Gasteiger partial charge in [-0.15, -0.1) is 12.3 Å². The first-order valence-electron chi connectivity index (χ1n) is 5.54. The van der Waals surface area contributed by atoms with Crippen molar-refractivity contribution < 1.29 is 23.1 Å². The number of hydrogen-bond acceptors (Lipinski definition) is 5. The second-order valence-corrected chi connectivity index (χ2v) is 5.27. The summed E-state index contributed by atoms with van der Waals surface area (Å²) < 4.78 is 27.4. The molecule has 0 heterocycles. The first-order chi connectivity index (χ1) is 8.05. The van der Waals surface area contributed by atoms with Crippen LogP contribution in [-0.4, -0.2) is 31.4 Å². The zero-order valence-corrected chi connectivity index (χ0v) is 11.4. The summed E-state index contributed by atoms with van der Waals surface area (Å²) in [6.45, 7) is 5.55. The van der Waals surface area contributed by atoms with Crippen molar-refractivity contribution in [1.82, 2.24) is 0 Å². The Labute approximate surface area is 102 Å². The van der Waals surface area contributed by atoms with Gasteiger partial charge >= 0.3 is 13.6 Å². The lowest BCUT2D eigenvalue weighted by Gasteiger charge is -2.23. The number of hydrogen-bond donors (Lipinski definition) is 0. The highest BCUT2D eigenvalue weighted by atomic mass is 31.2. The Balaban J connectivity index is 5.02. The molecule has 0 unspecified atom stereocenters. The molecular weight excluding hydrogens is 243 g/mol. The van der Waals surface area contributed by atoms with E-state index in [4.69, 9.17) is 20.2 Å². The average molecular weight is 262 g/mol. The third-order valence-corrected chi connectivity index (χ3v) is 4.26. The van der Waals surface area contributed by atoms with Gasteiger partial charge in [-0.3, -0.25) is 9.36 Å². The van der Waals surface area contributed by atoms with Gasteiger partial charge in [-0.25, -0.2) is 0 Å². The van der Waals surface area contributed by atoms with Gasteiger partial charge in [-0.05, 0) is 20.8 Å². The topological polar surface area (TPSA) is 61.8 Å². The summed E-state index contributed by atoms with van der Waals surface area (Å²) in [6, 6.07) is 0. The molecule has 0 aromatic heterocycles. The summed E-state index contributed by atoms with van der Waals surface area (Å²) in [4.78, 5) is 11.7. The SMILES string of the molecule is C#CC[C@H](C(=O)OCC)P(=O)(OCC)OCC. The van der Waals surface area contributed by atoms with Gasteiger partial charge in [0, 0.05) is 6.42 Å². The van der Waals surface area contributed by atoms with Crippen molar-refractivity contribution in [1.29, 1.82) is 0 Å². The highest BCUT2D eigenvalue weighted by molar-refractivity contribution is 7.55. The van der Waals surface area contributed by atoms with Gasteiger partial charge in [0.2, 0.25) is 0 Å². The van der Waals surface area contributed by atoms with Gasteiger partial charge in [-0.1, -0.05) is 0 Å². The highest BCUT2D eigenvalue weighted by Gasteiger charge is 2.41. The number of esters is 1. The molecular formula is C11H19O5P. The monoisotopic (exact) mass is 262 g/mol. The molecule has 0 aromatic carbocycles. The predicted molar refractivity (Wildman–Crippen MR) is 64.7 cm³/mol. The van der Waals surface area contributed by atoms with Crippen molar-refractivity contribution in [2.75, 3.05) is 19.8 Å². The maximum absolute atomic E-state index is 12.4. The zero-order valence-electron chi connectivity index (χ0n) is 10.5. The van der Waals surface area contributed by atoms with Gasteiger partial charge in [0.1, 0.15) is 0 Å². The molecule has 0 aliphatic rings. The van der Waals surface area contributed by atoms with E-state index in [0.717, 1.165) is 0 Å². The lowest BCUT2D eigenvalue weighted by Crippen LogP contribution is -2.25. The number of rotatable bonds is 8. The van der Waals surface area contributed by atoms with Gasteiger partial charge in [0.25, 0.3) is 0 Å². The molecule has 6 heteroatoms. The fraction of sp³-hybridized carbons (Fsp3) is 0.727. The van der Waals surface area contributed by atoms with E-state index < -0.39 is 19.2 Å². The molecule has 0 aliphatic carbocycles. The number of terminal acetylenes is 1. The average Bonchev–Trinajstić information content (AvgIpc) is 2.26. The smallest absolute Gasteiger partial charge is 0.345 e. The minimum absolute atomic E-state index is 0.0316. The van der Waals surface area contributed by atoms with E-state index in [2.05, 4.69) is 5.92 Å². The van der Waals surface area contributed by atoms with Crippen LogP contribution in [0.1, 0.15) is 27.2 Å². The Hall–Kier alpha value is -0.820. The summed E-state index contributed by atoms with van der Waals surface area (Å²) in [7, 11) is -3.55. The molecule has 5 nitrogen and oxygen atoms in total. The van der Waals surface area contributed by atoms with Crippen molar-refractivity contribution in [2.45, 2.75) is 32.9 Å². The summed E-state index contributed by atoms with van der Waals surface area (Å²) in [5, 5.41) is 0. The van der Waals surface area contributed by atoms with E-state index in [-0.39, 0.29) is 26.2 Å². The molecule has 1 atom stereocenters. The summed E-state index contributed by atoms with van der Waals surface area (Å²) in [5.41, 5.74) is -1.05. The van der Waals surface area contributed by atoms with Crippen LogP contribution in [-0.2, 0) is 23.1 Å². The molecule has 0 spiro atoms. The van der Waals surface area contributed by atoms with Crippen molar-refractivity contribution in [2.24, 2.45) is 0 Å². The second kappa shape index (κ2) is 8.30. The lowest BCUT2D eigenvalue weighted by molar-refractivity contribution is -0.143. The van der Waals surface area contributed by atoms with Crippen molar-refractivity contribution >= 4 is 13.6 Å². The van der Waals surface area contributed by atoms with Gasteiger partial charge in [0.15, 0.2) is 5.66 Å². The number of carbonyl (C=O) groups excluding carboxylic acids is 1. The molecule has 0 aliphatic heterocycles. The summed E-state index contributed by atoms with van der Waals surface area (Å²) in [5.74, 6) is 1.65. The van der Waals surface area contributed by atoms with Crippen LogP contribution >= 0.6 is 7.60 Å². The third-order valence-electron chi connectivity index (χ3n) is 1.87. The Bertz CT molecular complexity index is 310. The quantitative estimate of drug-likeness (QED) is 0.381. The van der Waals surface area contributed by atoms with Crippen LogP contribution in [0.3, 0.4) is 0 Å². The van der Waals surface area contributed by atoms with Crippen LogP contribution in [0, 0.1) is 12.3 Å². The molecule has 0 fully saturated rings. The Kier molecular flexibility index (Phi) is 7.90. The molecule has 0 saturated carbocycles. The van der Waals surface area contributed by atoms with Crippen LogP contribution in [0.4, 0.5) is 0 Å². The fourth-order valence-corrected chi connectivity index (χ4v) is 3.07. The van der Waals surface area contributed by atoms with Crippen LogP contribution < -0.4 is 0 Å². The Morgan fingerprint density at radius 2 is 1.76 bits per heavy atom. The molecule has 98 valence electrons. The van der Waals surface area contributed by atoms with Crippen molar-refractivity contribution in [3.63, 3.8) is 0 Å². The Morgan fingerprint density at radius 3 is 2.12 bits per heavy atom. The normalized spacial score (nSPS) is 12.8. The van der Waals surface area contributed by atoms with E-state index in [1.807, 2.05) is 0 Å². The molecule has 0 aromatic rings. The lowest BCUT2D eigenvalue weighted by atomic mass is 10.3. The molecule has 0 N–H and O–H groups in total. The highest BCUT2D eigenvalue weighted by Crippen LogP contribution is 2.54. The number of ether oxygens (including phenoxy) is 1. The maximum Gasteiger partial charge on any atom is 0.345 e. The minimum atomic E-state index is -3.55. The van der Waals surface area contributed by atoms with E-state index >= 15 is 0 Å². The fourth-order valence-electron chi connectivity index (χ4n) is 1.25. The van der Waals surface area contributed by atoms with Crippen molar-refractivity contribution in [3.8, 4) is 12.3 Å². The summed E-state index contributed by atoms with van der Waals surface area (Å²) >= 11 is 0. The van der Waals surface area contributed by atoms with E-state index in [1.165, 1.54) is 0 Å². The van der Waals surface area contributed by atoms with Crippen LogP contribution in [0.2, 0.25) is 0 Å². The molecule has 0 amide bonds. The molecule has 17 heavy (non-hydrogen) atoms. The Morgan fingerprint density at radius 1 is 1.24 bits per heavy atom. The van der Waals surface area contributed by atoms with Crippen LogP contribution in [0.25, 0.3) is 0 Å². The standard InChI is InChI=1S/C11H19O5P/c1-5-9-10(11(12)14-6-2)17(13,15-7-3)16-8-4/h1,10H,6-9H2,2-4H3/t10-/m1/s1. The van der Waals surface area contributed by atoms with E-state index in [9.17, 15) is 9.36 Å². The van der Waals surface area contributed by atoms with Crippen LogP contribution in [0.5, 0.6) is 0 Å².